The zero-order chi connectivity index (χ0) is 13.7. The second-order valence-corrected chi connectivity index (χ2v) is 4.04. The summed E-state index contributed by atoms with van der Waals surface area (Å²) in [6, 6.07) is 15.2. The van der Waals surface area contributed by atoms with Gasteiger partial charge < -0.3 is 4.74 Å². The number of carbonyl (C=O) groups excluding carboxylic acids is 1. The zero-order valence-electron chi connectivity index (χ0n) is 9.76. The number of carbonyl (C=O) groups is 1. The topological polar surface area (TPSA) is 62.1 Å². The molecule has 0 atom stereocenters. The second-order valence-electron chi connectivity index (χ2n) is 3.63. The van der Waals surface area contributed by atoms with Gasteiger partial charge in [0.1, 0.15) is 11.8 Å². The number of nitrogens with zero attached hydrogens (tertiary/aromatic N) is 1. The summed E-state index contributed by atoms with van der Waals surface area (Å²) in [6.07, 6.45) is -0.619. The van der Waals surface area contributed by atoms with Gasteiger partial charge >= 0.3 is 6.09 Å². The zero-order valence-corrected chi connectivity index (χ0v) is 10.5. The van der Waals surface area contributed by atoms with Crippen LogP contribution in [0.4, 0.5) is 10.5 Å². The molecule has 0 aliphatic heterocycles. The van der Waals surface area contributed by atoms with Gasteiger partial charge in [-0.25, -0.2) is 4.79 Å². The van der Waals surface area contributed by atoms with Gasteiger partial charge in [-0.3, -0.25) is 5.32 Å². The number of hydrogen-bond donors (Lipinski definition) is 1. The second kappa shape index (κ2) is 5.89. The molecule has 0 unspecified atom stereocenters. The van der Waals surface area contributed by atoms with E-state index in [1.165, 1.54) is 12.1 Å². The maximum absolute atomic E-state index is 11.6. The molecule has 0 fully saturated rings. The molecule has 0 bridgehead atoms. The molecule has 0 heterocycles. The minimum Gasteiger partial charge on any atom is -0.410 e. The SMILES string of the molecule is N#Cc1ccc(NC(=O)Oc2ccccc2)cc1Cl. The number of nitrogens with one attached hydrogen (secondary N) is 1. The van der Waals surface area contributed by atoms with Gasteiger partial charge in [-0.1, -0.05) is 29.8 Å². The van der Waals surface area contributed by atoms with Crippen LogP contribution in [-0.4, -0.2) is 6.09 Å². The highest BCUT2D eigenvalue weighted by molar-refractivity contribution is 6.32. The predicted molar refractivity (Wildman–Crippen MR) is 72.3 cm³/mol. The first-order valence-corrected chi connectivity index (χ1v) is 5.80. The third kappa shape index (κ3) is 3.47. The average Bonchev–Trinajstić information content (AvgIpc) is 2.40. The third-order valence-corrected chi connectivity index (χ3v) is 2.60. The van der Waals surface area contributed by atoms with Crippen LogP contribution in [0.1, 0.15) is 5.56 Å². The van der Waals surface area contributed by atoms with E-state index in [-0.39, 0.29) is 5.02 Å². The van der Waals surface area contributed by atoms with E-state index in [4.69, 9.17) is 21.6 Å². The lowest BCUT2D eigenvalue weighted by molar-refractivity contribution is 0.215. The van der Waals surface area contributed by atoms with Crippen LogP contribution in [0.5, 0.6) is 5.75 Å². The number of nitriles is 1. The van der Waals surface area contributed by atoms with E-state index in [1.807, 2.05) is 12.1 Å². The minimum atomic E-state index is -0.619. The molecule has 4 nitrogen and oxygen atoms in total. The molecular formula is C14H9ClN2O2. The number of halogens is 1. The van der Waals surface area contributed by atoms with E-state index in [0.29, 0.717) is 17.0 Å². The molecular weight excluding hydrogens is 264 g/mol. The lowest BCUT2D eigenvalue weighted by Crippen LogP contribution is -2.16. The Morgan fingerprint density at radius 3 is 2.58 bits per heavy atom. The van der Waals surface area contributed by atoms with E-state index in [1.54, 1.807) is 30.3 Å². The maximum Gasteiger partial charge on any atom is 0.417 e. The van der Waals surface area contributed by atoms with Crippen molar-refractivity contribution in [1.29, 1.82) is 5.26 Å². The molecule has 2 aromatic carbocycles. The van der Waals surface area contributed by atoms with Gasteiger partial charge in [0.05, 0.1) is 10.6 Å². The summed E-state index contributed by atoms with van der Waals surface area (Å²) in [5.74, 6) is 0.444. The van der Waals surface area contributed by atoms with Crippen molar-refractivity contribution in [2.45, 2.75) is 0 Å². The third-order valence-electron chi connectivity index (χ3n) is 2.29. The van der Waals surface area contributed by atoms with Gasteiger partial charge in [-0.05, 0) is 30.3 Å². The highest BCUT2D eigenvalue weighted by atomic mass is 35.5. The molecule has 0 spiro atoms. The van der Waals surface area contributed by atoms with Crippen molar-refractivity contribution in [1.82, 2.24) is 0 Å². The van der Waals surface area contributed by atoms with Crippen molar-refractivity contribution < 1.29 is 9.53 Å². The predicted octanol–water partition coefficient (Wildman–Crippen LogP) is 3.82. The van der Waals surface area contributed by atoms with E-state index >= 15 is 0 Å². The molecule has 19 heavy (non-hydrogen) atoms. The van der Waals surface area contributed by atoms with Crippen molar-refractivity contribution >= 4 is 23.4 Å². The first-order valence-electron chi connectivity index (χ1n) is 5.42. The molecule has 2 rings (SSSR count). The Bertz CT molecular complexity index is 636. The minimum absolute atomic E-state index is 0.278. The summed E-state index contributed by atoms with van der Waals surface area (Å²) >= 11 is 5.86. The van der Waals surface area contributed by atoms with E-state index < -0.39 is 6.09 Å². The van der Waals surface area contributed by atoms with Crippen LogP contribution < -0.4 is 10.1 Å². The van der Waals surface area contributed by atoms with Gasteiger partial charge in [-0.15, -0.1) is 0 Å². The molecule has 0 aromatic heterocycles. The summed E-state index contributed by atoms with van der Waals surface area (Å²) in [7, 11) is 0. The Labute approximate surface area is 115 Å². The molecule has 0 radical (unpaired) electrons. The van der Waals surface area contributed by atoms with Crippen LogP contribution in [0, 0.1) is 11.3 Å². The molecule has 1 N–H and O–H groups in total. The van der Waals surface area contributed by atoms with Crippen LogP contribution >= 0.6 is 11.6 Å². The number of benzene rings is 2. The van der Waals surface area contributed by atoms with Gasteiger partial charge in [0.2, 0.25) is 0 Å². The normalized spacial score (nSPS) is 9.47. The fourth-order valence-electron chi connectivity index (χ4n) is 1.42. The smallest absolute Gasteiger partial charge is 0.410 e. The number of amides is 1. The van der Waals surface area contributed by atoms with E-state index in [0.717, 1.165) is 0 Å². The molecule has 5 heteroatoms. The van der Waals surface area contributed by atoms with Crippen molar-refractivity contribution in [2.24, 2.45) is 0 Å². The van der Waals surface area contributed by atoms with Crippen LogP contribution in [-0.2, 0) is 0 Å². The fraction of sp³-hybridized carbons (Fsp3) is 0. The standard InChI is InChI=1S/C14H9ClN2O2/c15-13-8-11(7-6-10(13)9-16)17-14(18)19-12-4-2-1-3-5-12/h1-8H,(H,17,18). The van der Waals surface area contributed by atoms with Crippen LogP contribution in [0.3, 0.4) is 0 Å². The highest BCUT2D eigenvalue weighted by Crippen LogP contribution is 2.20. The number of para-hydroxylation sites is 1. The number of anilines is 1. The van der Waals surface area contributed by atoms with Crippen molar-refractivity contribution in [2.75, 3.05) is 5.32 Å². The summed E-state index contributed by atoms with van der Waals surface area (Å²) in [4.78, 5) is 11.6. The number of hydrogen-bond acceptors (Lipinski definition) is 3. The summed E-state index contributed by atoms with van der Waals surface area (Å²) < 4.78 is 5.06. The molecule has 0 saturated heterocycles. The van der Waals surface area contributed by atoms with Gasteiger partial charge in [0.25, 0.3) is 0 Å². The number of ether oxygens (including phenoxy) is 1. The van der Waals surface area contributed by atoms with E-state index in [9.17, 15) is 4.79 Å². The van der Waals surface area contributed by atoms with Crippen molar-refractivity contribution in [3.05, 3.63) is 59.1 Å². The molecule has 2 aromatic rings. The van der Waals surface area contributed by atoms with Gasteiger partial charge in [-0.2, -0.15) is 5.26 Å². The summed E-state index contributed by atoms with van der Waals surface area (Å²) in [5, 5.41) is 11.5. The molecule has 0 saturated carbocycles. The first-order chi connectivity index (χ1) is 9.19. The van der Waals surface area contributed by atoms with Crippen LogP contribution in [0.15, 0.2) is 48.5 Å². The lowest BCUT2D eigenvalue weighted by atomic mass is 10.2. The molecule has 1 amide bonds. The average molecular weight is 273 g/mol. The Hall–Kier alpha value is -2.51. The molecule has 0 aliphatic carbocycles. The van der Waals surface area contributed by atoms with Crippen molar-refractivity contribution in [3.8, 4) is 11.8 Å². The van der Waals surface area contributed by atoms with Gasteiger partial charge in [0.15, 0.2) is 0 Å². The molecule has 0 aliphatic rings. The Morgan fingerprint density at radius 2 is 1.95 bits per heavy atom. The highest BCUT2D eigenvalue weighted by Gasteiger charge is 2.06. The van der Waals surface area contributed by atoms with Gasteiger partial charge in [0, 0.05) is 5.69 Å². The quantitative estimate of drug-likeness (QED) is 0.904. The fourth-order valence-corrected chi connectivity index (χ4v) is 1.65. The monoisotopic (exact) mass is 272 g/mol. The first kappa shape index (κ1) is 12.9. The maximum atomic E-state index is 11.6. The Kier molecular flexibility index (Phi) is 4.01. The Morgan fingerprint density at radius 1 is 1.21 bits per heavy atom. The largest absolute Gasteiger partial charge is 0.417 e. The summed E-state index contributed by atoms with van der Waals surface area (Å²) in [5.41, 5.74) is 0.813. The van der Waals surface area contributed by atoms with Crippen LogP contribution in [0.2, 0.25) is 5.02 Å². The van der Waals surface area contributed by atoms with Crippen molar-refractivity contribution in [3.63, 3.8) is 0 Å². The van der Waals surface area contributed by atoms with Crippen LogP contribution in [0.25, 0.3) is 0 Å². The Balaban J connectivity index is 2.04. The lowest BCUT2D eigenvalue weighted by Gasteiger charge is -2.07. The summed E-state index contributed by atoms with van der Waals surface area (Å²) in [6.45, 7) is 0. The van der Waals surface area contributed by atoms with E-state index in [2.05, 4.69) is 5.32 Å². The number of rotatable bonds is 2. The molecule has 94 valence electrons.